The molecule has 0 radical (unpaired) electrons. The molecule has 1 aliphatic carbocycles. The zero-order valence-corrected chi connectivity index (χ0v) is 19.7. The van der Waals surface area contributed by atoms with Crippen molar-refractivity contribution in [3.8, 4) is 0 Å². The van der Waals surface area contributed by atoms with Crippen molar-refractivity contribution in [2.24, 2.45) is 0 Å². The molecule has 2 fully saturated rings. The maximum Gasteiger partial charge on any atom is 0.321 e. The zero-order valence-electron chi connectivity index (χ0n) is 17.3. The first-order valence-corrected chi connectivity index (χ1v) is 12.0. The van der Waals surface area contributed by atoms with Gasteiger partial charge in [0.25, 0.3) is 5.91 Å². The number of thiophene rings is 1. The Morgan fingerprint density at radius 2 is 1.94 bits per heavy atom. The molecule has 0 atom stereocenters. The predicted molar refractivity (Wildman–Crippen MR) is 126 cm³/mol. The van der Waals surface area contributed by atoms with E-state index in [0.717, 1.165) is 34.3 Å². The van der Waals surface area contributed by atoms with E-state index in [0.29, 0.717) is 36.5 Å². The lowest BCUT2D eigenvalue weighted by atomic mass is 9.95. The Balaban J connectivity index is 1.49. The summed E-state index contributed by atoms with van der Waals surface area (Å²) >= 11 is 4.72. The highest BCUT2D eigenvalue weighted by molar-refractivity contribution is 9.11. The van der Waals surface area contributed by atoms with Crippen LogP contribution in [0.5, 0.6) is 0 Å². The molecule has 4 amide bonds. The van der Waals surface area contributed by atoms with Crippen LogP contribution in [0.15, 0.2) is 34.1 Å². The molecule has 3 N–H and O–H groups in total. The van der Waals surface area contributed by atoms with Crippen LogP contribution in [-0.2, 0) is 4.79 Å². The molecule has 31 heavy (non-hydrogen) atoms. The maximum absolute atomic E-state index is 13.3. The number of nitrogens with zero attached hydrogens (tertiary/aromatic N) is 1. The highest BCUT2D eigenvalue weighted by Gasteiger charge is 2.42. The molecule has 164 valence electrons. The summed E-state index contributed by atoms with van der Waals surface area (Å²) in [6.45, 7) is 3.29. The first kappa shape index (κ1) is 21.8. The number of carbonyl (C=O) groups excluding carboxylic acids is 3. The topological polar surface area (TPSA) is 90.5 Å². The lowest BCUT2D eigenvalue weighted by Crippen LogP contribution is -2.54. The number of amides is 4. The van der Waals surface area contributed by atoms with Gasteiger partial charge in [0, 0.05) is 24.5 Å². The van der Waals surface area contributed by atoms with E-state index >= 15 is 0 Å². The summed E-state index contributed by atoms with van der Waals surface area (Å²) in [5.74, 6) is -0.424. The molecular weight excluding hydrogens is 480 g/mol. The smallest absolute Gasteiger partial charge is 0.321 e. The van der Waals surface area contributed by atoms with Crippen LogP contribution in [0.1, 0.15) is 47.3 Å². The molecule has 2 aromatic rings. The van der Waals surface area contributed by atoms with E-state index in [9.17, 15) is 14.4 Å². The first-order valence-electron chi connectivity index (χ1n) is 10.4. The summed E-state index contributed by atoms with van der Waals surface area (Å²) < 4.78 is 0.875. The van der Waals surface area contributed by atoms with Crippen LogP contribution in [0, 0.1) is 6.92 Å². The van der Waals surface area contributed by atoms with Gasteiger partial charge >= 0.3 is 6.03 Å². The van der Waals surface area contributed by atoms with Crippen LogP contribution >= 0.6 is 27.3 Å². The molecule has 0 spiro atoms. The lowest BCUT2D eigenvalue weighted by Gasteiger charge is -2.30. The summed E-state index contributed by atoms with van der Waals surface area (Å²) in [7, 11) is 0. The van der Waals surface area contributed by atoms with Gasteiger partial charge in [-0.15, -0.1) is 11.3 Å². The molecule has 2 heterocycles. The average molecular weight is 505 g/mol. The molecule has 0 unspecified atom stereocenters. The molecule has 4 rings (SSSR count). The molecule has 1 saturated heterocycles. The van der Waals surface area contributed by atoms with E-state index in [1.54, 1.807) is 11.0 Å². The van der Waals surface area contributed by atoms with E-state index in [4.69, 9.17) is 0 Å². The van der Waals surface area contributed by atoms with Gasteiger partial charge in [-0.2, -0.15) is 0 Å². The minimum absolute atomic E-state index is 0.0982. The van der Waals surface area contributed by atoms with Gasteiger partial charge in [-0.25, -0.2) is 4.79 Å². The van der Waals surface area contributed by atoms with Crippen LogP contribution in [0.2, 0.25) is 0 Å². The number of rotatable bonds is 5. The van der Waals surface area contributed by atoms with E-state index < -0.39 is 5.54 Å². The number of urea groups is 1. The number of benzene rings is 1. The SMILES string of the molecule is Cc1cc(NC(=O)C2(NC(=O)c3ccc(Br)s3)CCCC2)ccc1N1CCCNC1=O. The molecule has 0 bridgehead atoms. The van der Waals surface area contributed by atoms with Crippen molar-refractivity contribution in [1.82, 2.24) is 10.6 Å². The number of nitrogens with one attached hydrogen (secondary N) is 3. The third-order valence-electron chi connectivity index (χ3n) is 5.87. The fraction of sp³-hybridized carbons (Fsp3) is 0.409. The van der Waals surface area contributed by atoms with Gasteiger partial charge in [0.15, 0.2) is 0 Å². The van der Waals surface area contributed by atoms with Crippen LogP contribution in [0.4, 0.5) is 16.2 Å². The first-order chi connectivity index (χ1) is 14.9. The second kappa shape index (κ2) is 9.00. The largest absolute Gasteiger partial charge is 0.338 e. The summed E-state index contributed by atoms with van der Waals surface area (Å²) in [4.78, 5) is 40.4. The van der Waals surface area contributed by atoms with Crippen molar-refractivity contribution in [2.75, 3.05) is 23.3 Å². The summed E-state index contributed by atoms with van der Waals surface area (Å²) in [5.41, 5.74) is 1.49. The van der Waals surface area contributed by atoms with E-state index in [1.165, 1.54) is 11.3 Å². The van der Waals surface area contributed by atoms with Crippen LogP contribution in [0.3, 0.4) is 0 Å². The Labute approximate surface area is 193 Å². The second-order valence-electron chi connectivity index (χ2n) is 8.04. The Bertz CT molecular complexity index is 1020. The zero-order chi connectivity index (χ0) is 22.0. The molecular formula is C22H25BrN4O3S. The van der Waals surface area contributed by atoms with Crippen molar-refractivity contribution in [3.05, 3.63) is 44.6 Å². The van der Waals surface area contributed by atoms with E-state index in [1.807, 2.05) is 31.2 Å². The van der Waals surface area contributed by atoms with Crippen LogP contribution < -0.4 is 20.9 Å². The third-order valence-corrected chi connectivity index (χ3v) is 7.49. The van der Waals surface area contributed by atoms with Crippen molar-refractivity contribution < 1.29 is 14.4 Å². The average Bonchev–Trinajstić information content (AvgIpc) is 3.39. The van der Waals surface area contributed by atoms with Crippen molar-refractivity contribution >= 4 is 56.5 Å². The second-order valence-corrected chi connectivity index (χ2v) is 10.5. The monoisotopic (exact) mass is 504 g/mol. The molecule has 1 saturated carbocycles. The Hall–Kier alpha value is -2.39. The van der Waals surface area contributed by atoms with Gasteiger partial charge in [-0.05, 0) is 78.0 Å². The number of carbonyl (C=O) groups is 3. The summed E-state index contributed by atoms with van der Waals surface area (Å²) in [6, 6.07) is 9.02. The maximum atomic E-state index is 13.3. The summed E-state index contributed by atoms with van der Waals surface area (Å²) in [6.07, 6.45) is 3.91. The van der Waals surface area contributed by atoms with Crippen LogP contribution in [0.25, 0.3) is 0 Å². The quantitative estimate of drug-likeness (QED) is 0.562. The minimum atomic E-state index is -0.910. The number of anilines is 2. The molecule has 1 aromatic heterocycles. The molecule has 1 aliphatic heterocycles. The highest BCUT2D eigenvalue weighted by Crippen LogP contribution is 2.33. The van der Waals surface area contributed by atoms with Crippen LogP contribution in [-0.4, -0.2) is 36.5 Å². The molecule has 9 heteroatoms. The third kappa shape index (κ3) is 4.62. The van der Waals surface area contributed by atoms with Crippen molar-refractivity contribution in [2.45, 2.75) is 44.6 Å². The fourth-order valence-corrected chi connectivity index (χ4v) is 5.53. The van der Waals surface area contributed by atoms with E-state index in [2.05, 4.69) is 31.9 Å². The number of hydrogen-bond acceptors (Lipinski definition) is 4. The minimum Gasteiger partial charge on any atom is -0.338 e. The van der Waals surface area contributed by atoms with Crippen molar-refractivity contribution in [3.63, 3.8) is 0 Å². The summed E-state index contributed by atoms with van der Waals surface area (Å²) in [5, 5.41) is 8.85. The Morgan fingerprint density at radius 1 is 1.16 bits per heavy atom. The number of aryl methyl sites for hydroxylation is 1. The molecule has 7 nitrogen and oxygen atoms in total. The number of hydrogen-bond donors (Lipinski definition) is 3. The van der Waals surface area contributed by atoms with Crippen molar-refractivity contribution in [1.29, 1.82) is 0 Å². The lowest BCUT2D eigenvalue weighted by molar-refractivity contribution is -0.122. The van der Waals surface area contributed by atoms with Gasteiger partial charge in [-0.1, -0.05) is 12.8 Å². The predicted octanol–water partition coefficient (Wildman–Crippen LogP) is 4.42. The molecule has 1 aromatic carbocycles. The van der Waals surface area contributed by atoms with Gasteiger partial charge in [-0.3, -0.25) is 14.5 Å². The normalized spacial score (nSPS) is 17.9. The van der Waals surface area contributed by atoms with Gasteiger partial charge in [0.05, 0.1) is 8.66 Å². The fourth-order valence-electron chi connectivity index (χ4n) is 4.25. The standard InChI is InChI=1S/C22H25BrN4O3S/c1-14-13-15(5-6-16(14)27-12-4-11-24-21(27)30)25-20(29)22(9-2-3-10-22)26-19(28)17-7-8-18(23)31-17/h5-8,13H,2-4,9-12H2,1H3,(H,24,30)(H,25,29)(H,26,28). The molecule has 2 aliphatic rings. The van der Waals surface area contributed by atoms with Gasteiger partial charge < -0.3 is 16.0 Å². The Kier molecular flexibility index (Phi) is 6.34. The Morgan fingerprint density at radius 3 is 2.58 bits per heavy atom. The van der Waals surface area contributed by atoms with E-state index in [-0.39, 0.29) is 17.8 Å². The van der Waals surface area contributed by atoms with Gasteiger partial charge in [0.2, 0.25) is 5.91 Å². The highest BCUT2D eigenvalue weighted by atomic mass is 79.9. The van der Waals surface area contributed by atoms with Gasteiger partial charge in [0.1, 0.15) is 5.54 Å². The number of halogens is 1.